The molecule has 2 aliphatic heterocycles. The van der Waals surface area contributed by atoms with Gasteiger partial charge in [-0.25, -0.2) is 0 Å². The van der Waals surface area contributed by atoms with Crippen molar-refractivity contribution in [2.75, 3.05) is 26.9 Å². The van der Waals surface area contributed by atoms with Gasteiger partial charge in [0, 0.05) is 40.4 Å². The van der Waals surface area contributed by atoms with Crippen LogP contribution in [0.2, 0.25) is 0 Å². The van der Waals surface area contributed by atoms with Crippen molar-refractivity contribution in [1.82, 2.24) is 0 Å². The number of methoxy groups -OCH3 is 1. The van der Waals surface area contributed by atoms with Gasteiger partial charge in [-0.15, -0.1) is 0 Å². The van der Waals surface area contributed by atoms with E-state index < -0.39 is 54.1 Å². The van der Waals surface area contributed by atoms with Gasteiger partial charge in [-0.05, 0) is 60.1 Å². The maximum Gasteiger partial charge on any atom is 0.303 e. The van der Waals surface area contributed by atoms with Crippen LogP contribution in [0.1, 0.15) is 68.7 Å². The molecular weight excluding hydrogens is 588 g/mol. The van der Waals surface area contributed by atoms with Crippen LogP contribution in [0.4, 0.5) is 0 Å². The summed E-state index contributed by atoms with van der Waals surface area (Å²) in [5, 5.41) is 0. The maximum absolute atomic E-state index is 12.5. The predicted molar refractivity (Wildman–Crippen MR) is 156 cm³/mol. The Hall–Kier alpha value is -4.16. The fourth-order valence-corrected chi connectivity index (χ4v) is 5.97. The van der Waals surface area contributed by atoms with E-state index in [1.165, 1.54) is 34.8 Å². The first-order valence-electron chi connectivity index (χ1n) is 14.9. The molecule has 5 rings (SSSR count). The van der Waals surface area contributed by atoms with E-state index in [9.17, 15) is 19.2 Å². The van der Waals surface area contributed by atoms with Crippen molar-refractivity contribution in [2.24, 2.45) is 0 Å². The number of carbonyl (C=O) groups excluding carboxylic acids is 4. The van der Waals surface area contributed by atoms with Crippen LogP contribution in [0.3, 0.4) is 0 Å². The van der Waals surface area contributed by atoms with E-state index in [1.807, 2.05) is 36.4 Å². The molecule has 242 valence electrons. The minimum Gasteiger partial charge on any atom is -0.486 e. The quantitative estimate of drug-likeness (QED) is 0.281. The third-order valence-corrected chi connectivity index (χ3v) is 7.90. The monoisotopic (exact) mass is 626 g/mol. The van der Waals surface area contributed by atoms with Crippen LogP contribution < -0.4 is 9.47 Å². The van der Waals surface area contributed by atoms with Gasteiger partial charge in [0.15, 0.2) is 23.7 Å². The van der Waals surface area contributed by atoms with E-state index in [-0.39, 0.29) is 6.61 Å². The summed E-state index contributed by atoms with van der Waals surface area (Å²) in [5.41, 5.74) is 3.59. The highest BCUT2D eigenvalue weighted by molar-refractivity contribution is 5.69. The second kappa shape index (κ2) is 13.5. The molecule has 1 saturated heterocycles. The molecule has 1 saturated carbocycles. The van der Waals surface area contributed by atoms with E-state index in [0.717, 1.165) is 29.5 Å². The summed E-state index contributed by atoms with van der Waals surface area (Å²) in [6.07, 6.45) is -2.63. The molecule has 2 aromatic rings. The second-order valence-electron chi connectivity index (χ2n) is 11.4. The summed E-state index contributed by atoms with van der Waals surface area (Å²) in [6, 6.07) is 11.6. The smallest absolute Gasteiger partial charge is 0.303 e. The van der Waals surface area contributed by atoms with Crippen molar-refractivity contribution in [3.8, 4) is 11.5 Å². The Morgan fingerprint density at radius 1 is 0.800 bits per heavy atom. The number of hydrogen-bond acceptors (Lipinski definition) is 12. The van der Waals surface area contributed by atoms with Gasteiger partial charge < -0.3 is 37.9 Å². The molecule has 0 radical (unpaired) electrons. The number of fused-ring (bicyclic) bond motifs is 1. The highest BCUT2D eigenvalue weighted by Crippen LogP contribution is 2.47. The largest absolute Gasteiger partial charge is 0.486 e. The topological polar surface area (TPSA) is 142 Å². The van der Waals surface area contributed by atoms with Crippen LogP contribution in [0.15, 0.2) is 36.4 Å². The number of benzene rings is 2. The number of esters is 4. The van der Waals surface area contributed by atoms with Crippen molar-refractivity contribution in [2.45, 2.75) is 83.1 Å². The fourth-order valence-electron chi connectivity index (χ4n) is 5.97. The molecule has 45 heavy (non-hydrogen) atoms. The zero-order valence-electron chi connectivity index (χ0n) is 26.0. The molecule has 5 unspecified atom stereocenters. The lowest BCUT2D eigenvalue weighted by molar-refractivity contribution is -0.367. The molecule has 3 aliphatic rings. The lowest BCUT2D eigenvalue weighted by Crippen LogP contribution is -2.67. The normalized spacial score (nSPS) is 25.5. The summed E-state index contributed by atoms with van der Waals surface area (Å²) < 4.78 is 46.3. The van der Waals surface area contributed by atoms with Crippen molar-refractivity contribution >= 4 is 23.9 Å². The first-order valence-corrected chi connectivity index (χ1v) is 14.9. The van der Waals surface area contributed by atoms with Crippen molar-refractivity contribution in [3.63, 3.8) is 0 Å². The van der Waals surface area contributed by atoms with Gasteiger partial charge in [-0.1, -0.05) is 18.2 Å². The Balaban J connectivity index is 1.62. The second-order valence-corrected chi connectivity index (χ2v) is 11.4. The molecule has 0 bridgehead atoms. The van der Waals surface area contributed by atoms with E-state index in [1.54, 1.807) is 0 Å². The Bertz CT molecular complexity index is 1450. The first-order chi connectivity index (χ1) is 21.5. The molecule has 0 spiro atoms. The molecule has 0 aromatic heterocycles. The molecule has 5 atom stereocenters. The fraction of sp³-hybridized carbons (Fsp3) is 0.515. The first kappa shape index (κ1) is 32.2. The molecule has 2 aromatic carbocycles. The zero-order valence-corrected chi connectivity index (χ0v) is 26.0. The number of ether oxygens (including phenoxy) is 8. The Labute approximate surface area is 261 Å². The summed E-state index contributed by atoms with van der Waals surface area (Å²) in [5.74, 6) is -2.87. The van der Waals surface area contributed by atoms with Gasteiger partial charge in [-0.3, -0.25) is 19.2 Å². The van der Waals surface area contributed by atoms with E-state index in [4.69, 9.17) is 37.9 Å². The van der Waals surface area contributed by atoms with Crippen LogP contribution in [-0.2, 0) is 59.8 Å². The van der Waals surface area contributed by atoms with E-state index >= 15 is 0 Å². The molecule has 2 fully saturated rings. The SMILES string of the molecule is COC1(c2ccc(C3CC3)c(Cc3ccc4c(c3)OCCO4)c2)OC(COC(C)=O)C(OC(C)=O)C(OC(C)=O)C1OC(C)=O. The van der Waals surface area contributed by atoms with Crippen molar-refractivity contribution < 1.29 is 57.1 Å². The number of rotatable bonds is 10. The highest BCUT2D eigenvalue weighted by atomic mass is 16.7. The Kier molecular flexibility index (Phi) is 9.64. The molecule has 1 aliphatic carbocycles. The summed E-state index contributed by atoms with van der Waals surface area (Å²) in [4.78, 5) is 48.9. The standard InChI is InChI=1S/C33H38O12/c1-18(34)41-17-29-30(42-19(2)35)31(43-20(3)36)32(44-21(4)37)33(38-5,45-29)25-9-10-26(23-7-8-23)24(16-25)14-22-6-11-27-28(15-22)40-13-12-39-27/h6,9-11,15-16,23,29-32H,7-8,12-14,17H2,1-5H3. The Morgan fingerprint density at radius 3 is 2.09 bits per heavy atom. The lowest BCUT2D eigenvalue weighted by atomic mass is 9.85. The molecule has 2 heterocycles. The van der Waals surface area contributed by atoms with Crippen molar-refractivity contribution in [1.29, 1.82) is 0 Å². The summed E-state index contributed by atoms with van der Waals surface area (Å²) in [7, 11) is 1.37. The number of carbonyl (C=O) groups is 4. The molecule has 0 amide bonds. The molecule has 0 N–H and O–H groups in total. The lowest BCUT2D eigenvalue weighted by Gasteiger charge is -2.50. The number of hydrogen-bond donors (Lipinski definition) is 0. The molecule has 12 heteroatoms. The summed E-state index contributed by atoms with van der Waals surface area (Å²) in [6.45, 7) is 5.36. The third kappa shape index (κ3) is 7.23. The van der Waals surface area contributed by atoms with E-state index in [2.05, 4.69) is 0 Å². The van der Waals surface area contributed by atoms with Gasteiger partial charge in [0.2, 0.25) is 11.9 Å². The van der Waals surface area contributed by atoms with Crippen LogP contribution in [0.25, 0.3) is 0 Å². The average Bonchev–Trinajstić information content (AvgIpc) is 3.83. The molecule has 12 nitrogen and oxygen atoms in total. The van der Waals surface area contributed by atoms with Gasteiger partial charge in [0.1, 0.15) is 25.9 Å². The van der Waals surface area contributed by atoms with Crippen LogP contribution >= 0.6 is 0 Å². The maximum atomic E-state index is 12.5. The zero-order chi connectivity index (χ0) is 32.3. The van der Waals surface area contributed by atoms with Gasteiger partial charge in [0.05, 0.1) is 0 Å². The summed E-state index contributed by atoms with van der Waals surface area (Å²) >= 11 is 0. The minimum atomic E-state index is -1.86. The van der Waals surface area contributed by atoms with E-state index in [0.29, 0.717) is 42.6 Å². The van der Waals surface area contributed by atoms with Crippen LogP contribution in [0.5, 0.6) is 11.5 Å². The van der Waals surface area contributed by atoms with Gasteiger partial charge >= 0.3 is 23.9 Å². The highest BCUT2D eigenvalue weighted by Gasteiger charge is 2.61. The van der Waals surface area contributed by atoms with Crippen molar-refractivity contribution in [3.05, 3.63) is 58.7 Å². The van der Waals surface area contributed by atoms with Gasteiger partial charge in [0.25, 0.3) is 0 Å². The predicted octanol–water partition coefficient (Wildman–Crippen LogP) is 3.48. The average molecular weight is 627 g/mol. The van der Waals surface area contributed by atoms with Gasteiger partial charge in [-0.2, -0.15) is 0 Å². The minimum absolute atomic E-state index is 0.368. The Morgan fingerprint density at radius 2 is 1.47 bits per heavy atom. The third-order valence-electron chi connectivity index (χ3n) is 7.90. The molecular formula is C33H38O12. The van der Waals surface area contributed by atoms with Crippen LogP contribution in [0, 0.1) is 0 Å². The van der Waals surface area contributed by atoms with Crippen LogP contribution in [-0.4, -0.2) is 75.2 Å².